The molecule has 0 heterocycles. The van der Waals surface area contributed by atoms with Crippen LogP contribution in [0.1, 0.15) is 6.92 Å². The Hall–Kier alpha value is -1.23. The molecule has 2 N–H and O–H groups in total. The Morgan fingerprint density at radius 1 is 1.60 bits per heavy atom. The maximum Gasteiger partial charge on any atom is 0.217 e. The fourth-order valence-corrected chi connectivity index (χ4v) is 1.30. The van der Waals surface area contributed by atoms with Gasteiger partial charge in [-0.1, -0.05) is 0 Å². The largest absolute Gasteiger partial charge is 0.396 e. The number of carbonyl (C=O) groups is 1. The smallest absolute Gasteiger partial charge is 0.217 e. The Bertz CT molecular complexity index is 313. The monoisotopic (exact) mass is 217 g/mol. The predicted molar refractivity (Wildman–Crippen MR) is 51.4 cm³/mol. The van der Waals surface area contributed by atoms with Crippen LogP contribution in [0.4, 0.5) is 8.78 Å². The molecule has 0 aromatic carbocycles. The molecule has 0 aromatic heterocycles. The number of aliphatic hydroxyl groups is 1. The van der Waals surface area contributed by atoms with Gasteiger partial charge in [-0.15, -0.1) is 0 Å². The maximum atomic E-state index is 13.3. The second-order valence-electron chi connectivity index (χ2n) is 3.41. The van der Waals surface area contributed by atoms with Gasteiger partial charge in [0, 0.05) is 25.0 Å². The van der Waals surface area contributed by atoms with Gasteiger partial charge >= 0.3 is 0 Å². The Labute approximate surface area is 86.5 Å². The van der Waals surface area contributed by atoms with Crippen LogP contribution in [0.3, 0.4) is 0 Å². The van der Waals surface area contributed by atoms with E-state index in [-0.39, 0.29) is 18.0 Å². The number of aliphatic hydroxyl groups excluding tert-OH is 1. The lowest BCUT2D eigenvalue weighted by atomic mass is 9.94. The van der Waals surface area contributed by atoms with Crippen molar-refractivity contribution in [2.45, 2.75) is 13.1 Å². The number of allylic oxidation sites excluding steroid dienone is 1. The van der Waals surface area contributed by atoms with E-state index in [4.69, 9.17) is 5.11 Å². The zero-order chi connectivity index (χ0) is 11.4. The molecule has 0 aliphatic heterocycles. The molecular weight excluding hydrogens is 204 g/mol. The fourth-order valence-electron chi connectivity index (χ4n) is 1.30. The first-order valence-corrected chi connectivity index (χ1v) is 4.62. The Morgan fingerprint density at radius 3 is 2.80 bits per heavy atom. The quantitative estimate of drug-likeness (QED) is 0.736. The Balaban J connectivity index is 2.66. The number of carbonyl (C=O) groups excluding carboxylic acids is 1. The average molecular weight is 217 g/mol. The number of nitrogens with one attached hydrogen (secondary N) is 1. The zero-order valence-corrected chi connectivity index (χ0v) is 8.34. The first-order valence-electron chi connectivity index (χ1n) is 4.62. The first-order chi connectivity index (χ1) is 7.04. The molecule has 0 spiro atoms. The zero-order valence-electron chi connectivity index (χ0n) is 8.34. The lowest BCUT2D eigenvalue weighted by molar-refractivity contribution is -0.118. The Kier molecular flexibility index (Phi) is 3.96. The van der Waals surface area contributed by atoms with Crippen molar-refractivity contribution in [2.75, 3.05) is 13.2 Å². The van der Waals surface area contributed by atoms with Crippen LogP contribution in [-0.2, 0) is 4.79 Å². The van der Waals surface area contributed by atoms with Gasteiger partial charge in [0.15, 0.2) is 0 Å². The normalized spacial score (nSPS) is 25.6. The molecular formula is C10H13F2NO2. The van der Waals surface area contributed by atoms with Crippen molar-refractivity contribution in [1.29, 1.82) is 0 Å². The molecule has 15 heavy (non-hydrogen) atoms. The highest BCUT2D eigenvalue weighted by atomic mass is 19.1. The maximum absolute atomic E-state index is 13.3. The molecule has 1 rings (SSSR count). The van der Waals surface area contributed by atoms with Crippen molar-refractivity contribution in [3.63, 3.8) is 0 Å². The highest BCUT2D eigenvalue weighted by Crippen LogP contribution is 2.25. The minimum absolute atomic E-state index is 0.0315. The number of alkyl halides is 1. The molecule has 0 saturated carbocycles. The third kappa shape index (κ3) is 3.13. The third-order valence-corrected chi connectivity index (χ3v) is 2.18. The van der Waals surface area contributed by atoms with E-state index in [0.29, 0.717) is 0 Å². The SMILES string of the molecule is CC(=O)NCC1=CC(F)C(CO)C=C1F. The lowest BCUT2D eigenvalue weighted by Crippen LogP contribution is -2.27. The van der Waals surface area contributed by atoms with Crippen LogP contribution in [-0.4, -0.2) is 30.3 Å². The number of amides is 1. The molecule has 5 heteroatoms. The van der Waals surface area contributed by atoms with Crippen LogP contribution in [0, 0.1) is 5.92 Å². The molecule has 0 saturated heterocycles. The fraction of sp³-hybridized carbons (Fsp3) is 0.500. The van der Waals surface area contributed by atoms with Gasteiger partial charge in [-0.05, 0) is 12.2 Å². The summed E-state index contributed by atoms with van der Waals surface area (Å²) in [4.78, 5) is 10.6. The number of hydrogen-bond acceptors (Lipinski definition) is 2. The molecule has 84 valence electrons. The van der Waals surface area contributed by atoms with Crippen LogP contribution < -0.4 is 5.32 Å². The molecule has 1 aliphatic rings. The number of rotatable bonds is 3. The minimum Gasteiger partial charge on any atom is -0.396 e. The van der Waals surface area contributed by atoms with Crippen LogP contribution >= 0.6 is 0 Å². The number of halogens is 2. The van der Waals surface area contributed by atoms with E-state index in [0.717, 1.165) is 12.2 Å². The van der Waals surface area contributed by atoms with E-state index < -0.39 is 24.5 Å². The second-order valence-corrected chi connectivity index (χ2v) is 3.41. The van der Waals surface area contributed by atoms with Crippen LogP contribution in [0.5, 0.6) is 0 Å². The molecule has 0 aromatic rings. The van der Waals surface area contributed by atoms with E-state index in [2.05, 4.69) is 5.32 Å². The van der Waals surface area contributed by atoms with Crippen LogP contribution in [0.2, 0.25) is 0 Å². The molecule has 2 atom stereocenters. The standard InChI is InChI=1S/C10H13F2NO2/c1-6(15)13-4-7-2-10(12)8(5-14)3-9(7)11/h2-3,8,10,14H,4-5H2,1H3,(H,13,15). The molecule has 0 radical (unpaired) electrons. The van der Waals surface area contributed by atoms with E-state index in [1.54, 1.807) is 0 Å². The summed E-state index contributed by atoms with van der Waals surface area (Å²) < 4.78 is 26.5. The highest BCUT2D eigenvalue weighted by molar-refractivity contribution is 5.73. The second kappa shape index (κ2) is 5.02. The summed E-state index contributed by atoms with van der Waals surface area (Å²) in [6, 6.07) is 0. The van der Waals surface area contributed by atoms with E-state index in [1.807, 2.05) is 0 Å². The summed E-state index contributed by atoms with van der Waals surface area (Å²) in [5.41, 5.74) is 0.113. The van der Waals surface area contributed by atoms with Crippen molar-refractivity contribution < 1.29 is 18.7 Å². The van der Waals surface area contributed by atoms with Gasteiger partial charge in [0.2, 0.25) is 5.91 Å². The Morgan fingerprint density at radius 2 is 2.27 bits per heavy atom. The van der Waals surface area contributed by atoms with Gasteiger partial charge in [-0.25, -0.2) is 8.78 Å². The lowest BCUT2D eigenvalue weighted by Gasteiger charge is -2.19. The average Bonchev–Trinajstić information content (AvgIpc) is 2.18. The van der Waals surface area contributed by atoms with Gasteiger partial charge in [-0.2, -0.15) is 0 Å². The molecule has 1 aliphatic carbocycles. The van der Waals surface area contributed by atoms with E-state index in [9.17, 15) is 13.6 Å². The van der Waals surface area contributed by atoms with Crippen LogP contribution in [0.15, 0.2) is 23.6 Å². The van der Waals surface area contributed by atoms with Crippen molar-refractivity contribution in [2.24, 2.45) is 5.92 Å². The van der Waals surface area contributed by atoms with Gasteiger partial charge in [0.25, 0.3) is 0 Å². The van der Waals surface area contributed by atoms with Gasteiger partial charge in [0.1, 0.15) is 12.0 Å². The summed E-state index contributed by atoms with van der Waals surface area (Å²) in [6.45, 7) is 0.837. The first kappa shape index (κ1) is 11.8. The summed E-state index contributed by atoms with van der Waals surface area (Å²) in [5.74, 6) is -1.72. The molecule has 0 fully saturated rings. The summed E-state index contributed by atoms with van der Waals surface area (Å²) in [7, 11) is 0. The topological polar surface area (TPSA) is 49.3 Å². The summed E-state index contributed by atoms with van der Waals surface area (Å²) in [5, 5.41) is 11.1. The van der Waals surface area contributed by atoms with E-state index >= 15 is 0 Å². The van der Waals surface area contributed by atoms with Gasteiger partial charge < -0.3 is 10.4 Å². The van der Waals surface area contributed by atoms with Crippen molar-refractivity contribution in [3.8, 4) is 0 Å². The van der Waals surface area contributed by atoms with E-state index in [1.165, 1.54) is 6.92 Å². The minimum atomic E-state index is -1.40. The summed E-state index contributed by atoms with van der Waals surface area (Å²) in [6.07, 6.45) is 0.729. The van der Waals surface area contributed by atoms with Crippen molar-refractivity contribution in [1.82, 2.24) is 5.32 Å². The van der Waals surface area contributed by atoms with Gasteiger partial charge in [-0.3, -0.25) is 4.79 Å². The number of hydrogen-bond donors (Lipinski definition) is 2. The predicted octanol–water partition coefficient (Wildman–Crippen LogP) is 0.863. The van der Waals surface area contributed by atoms with Crippen molar-refractivity contribution in [3.05, 3.63) is 23.6 Å². The van der Waals surface area contributed by atoms with Crippen LogP contribution in [0.25, 0.3) is 0 Å². The third-order valence-electron chi connectivity index (χ3n) is 2.18. The molecule has 3 nitrogen and oxygen atoms in total. The molecule has 2 unspecified atom stereocenters. The molecule has 1 amide bonds. The summed E-state index contributed by atoms with van der Waals surface area (Å²) >= 11 is 0. The molecule has 0 bridgehead atoms. The van der Waals surface area contributed by atoms with Gasteiger partial charge in [0.05, 0.1) is 6.61 Å². The van der Waals surface area contributed by atoms with Crippen molar-refractivity contribution >= 4 is 5.91 Å². The highest BCUT2D eigenvalue weighted by Gasteiger charge is 2.24.